The first kappa shape index (κ1) is 14.6. The number of amides is 1. The van der Waals surface area contributed by atoms with Crippen molar-refractivity contribution in [1.82, 2.24) is 0 Å². The molecule has 2 aromatic carbocycles. The number of benzene rings is 2. The summed E-state index contributed by atoms with van der Waals surface area (Å²) in [6, 6.07) is 14.7. The predicted octanol–water partition coefficient (Wildman–Crippen LogP) is 3.55. The molecule has 1 amide bonds. The first-order valence-electron chi connectivity index (χ1n) is 6.80. The largest absolute Gasteiger partial charge is 0.385 e. The molecular formula is C17H17N3O. The number of nitrogens with one attached hydrogen (secondary N) is 2. The van der Waals surface area contributed by atoms with E-state index in [0.717, 1.165) is 17.8 Å². The maximum Gasteiger partial charge on any atom is 0.257 e. The Hall–Kier alpha value is -2.80. The second-order valence-electron chi connectivity index (χ2n) is 4.67. The average Bonchev–Trinajstić information content (AvgIpc) is 2.50. The van der Waals surface area contributed by atoms with Crippen LogP contribution in [-0.4, -0.2) is 12.5 Å². The van der Waals surface area contributed by atoms with Gasteiger partial charge in [0.25, 0.3) is 5.91 Å². The summed E-state index contributed by atoms with van der Waals surface area (Å²) in [6.07, 6.45) is 0. The highest BCUT2D eigenvalue weighted by Gasteiger charge is 2.12. The van der Waals surface area contributed by atoms with Crippen LogP contribution in [0, 0.1) is 18.3 Å². The summed E-state index contributed by atoms with van der Waals surface area (Å²) in [7, 11) is 0. The molecule has 0 fully saturated rings. The molecule has 0 spiro atoms. The molecule has 0 heterocycles. The minimum atomic E-state index is -0.190. The van der Waals surface area contributed by atoms with Crippen LogP contribution >= 0.6 is 0 Å². The van der Waals surface area contributed by atoms with Gasteiger partial charge in [-0.05, 0) is 43.7 Å². The Morgan fingerprint density at radius 3 is 2.67 bits per heavy atom. The number of carbonyl (C=O) groups is 1. The van der Waals surface area contributed by atoms with Gasteiger partial charge < -0.3 is 10.6 Å². The van der Waals surface area contributed by atoms with E-state index in [1.165, 1.54) is 0 Å². The van der Waals surface area contributed by atoms with Crippen molar-refractivity contribution in [3.63, 3.8) is 0 Å². The third-order valence-electron chi connectivity index (χ3n) is 3.15. The normalized spacial score (nSPS) is 9.76. The lowest BCUT2D eigenvalue weighted by Crippen LogP contribution is -2.15. The molecule has 0 aromatic heterocycles. The number of aryl methyl sites for hydroxylation is 1. The number of hydrogen-bond acceptors (Lipinski definition) is 3. The molecule has 0 bridgehead atoms. The zero-order valence-electron chi connectivity index (χ0n) is 12.1. The number of nitriles is 1. The molecule has 2 rings (SSSR count). The Balaban J connectivity index is 2.28. The standard InChI is InChI=1S/C17H17N3O/c1-3-19-15-7-5-4-6-14(15)17(21)20-16-10-13(11-18)9-8-12(16)2/h4-10,19H,3H2,1-2H3,(H,20,21). The lowest BCUT2D eigenvalue weighted by molar-refractivity contribution is 0.102. The van der Waals surface area contributed by atoms with Crippen molar-refractivity contribution in [2.75, 3.05) is 17.2 Å². The molecule has 106 valence electrons. The maximum absolute atomic E-state index is 12.4. The molecule has 0 radical (unpaired) electrons. The van der Waals surface area contributed by atoms with E-state index in [0.29, 0.717) is 16.8 Å². The number of para-hydroxylation sites is 1. The third-order valence-corrected chi connectivity index (χ3v) is 3.15. The van der Waals surface area contributed by atoms with Crippen LogP contribution in [0.4, 0.5) is 11.4 Å². The summed E-state index contributed by atoms with van der Waals surface area (Å²) in [5.74, 6) is -0.190. The van der Waals surface area contributed by atoms with Gasteiger partial charge in [-0.15, -0.1) is 0 Å². The van der Waals surface area contributed by atoms with Crippen LogP contribution in [0.2, 0.25) is 0 Å². The van der Waals surface area contributed by atoms with E-state index in [9.17, 15) is 4.79 Å². The molecule has 2 N–H and O–H groups in total. The second-order valence-corrected chi connectivity index (χ2v) is 4.67. The topological polar surface area (TPSA) is 64.9 Å². The fourth-order valence-electron chi connectivity index (χ4n) is 2.04. The van der Waals surface area contributed by atoms with Gasteiger partial charge in [0, 0.05) is 17.9 Å². The average molecular weight is 279 g/mol. The minimum absolute atomic E-state index is 0.190. The van der Waals surface area contributed by atoms with Crippen LogP contribution in [0.5, 0.6) is 0 Å². The number of rotatable bonds is 4. The summed E-state index contributed by atoms with van der Waals surface area (Å²) in [6.45, 7) is 4.62. The van der Waals surface area contributed by atoms with Crippen molar-refractivity contribution in [2.45, 2.75) is 13.8 Å². The van der Waals surface area contributed by atoms with Crippen LogP contribution in [-0.2, 0) is 0 Å². The highest BCUT2D eigenvalue weighted by molar-refractivity contribution is 6.08. The molecule has 0 aliphatic rings. The van der Waals surface area contributed by atoms with Crippen LogP contribution in [0.3, 0.4) is 0 Å². The molecule has 0 aliphatic heterocycles. The Labute approximate surface area is 124 Å². The summed E-state index contributed by atoms with van der Waals surface area (Å²) >= 11 is 0. The molecule has 0 aliphatic carbocycles. The molecule has 4 heteroatoms. The number of nitrogens with zero attached hydrogens (tertiary/aromatic N) is 1. The van der Waals surface area contributed by atoms with Crippen molar-refractivity contribution in [3.05, 3.63) is 59.2 Å². The van der Waals surface area contributed by atoms with Gasteiger partial charge in [-0.1, -0.05) is 18.2 Å². The number of carbonyl (C=O) groups excluding carboxylic acids is 1. The van der Waals surface area contributed by atoms with Gasteiger partial charge >= 0.3 is 0 Å². The molecule has 0 atom stereocenters. The van der Waals surface area contributed by atoms with Gasteiger partial charge in [0.05, 0.1) is 17.2 Å². The van der Waals surface area contributed by atoms with Gasteiger partial charge in [0.2, 0.25) is 0 Å². The Bertz CT molecular complexity index is 701. The summed E-state index contributed by atoms with van der Waals surface area (Å²) in [4.78, 5) is 12.4. The van der Waals surface area contributed by atoms with Gasteiger partial charge in [0.1, 0.15) is 0 Å². The molecule has 4 nitrogen and oxygen atoms in total. The van der Waals surface area contributed by atoms with Crippen molar-refractivity contribution in [2.24, 2.45) is 0 Å². The zero-order valence-corrected chi connectivity index (χ0v) is 12.1. The Morgan fingerprint density at radius 2 is 1.95 bits per heavy atom. The zero-order chi connectivity index (χ0) is 15.2. The van der Waals surface area contributed by atoms with Gasteiger partial charge in [0.15, 0.2) is 0 Å². The van der Waals surface area contributed by atoms with E-state index in [1.807, 2.05) is 38.1 Å². The fourth-order valence-corrected chi connectivity index (χ4v) is 2.04. The van der Waals surface area contributed by atoms with E-state index >= 15 is 0 Å². The predicted molar refractivity (Wildman–Crippen MR) is 84.5 cm³/mol. The first-order chi connectivity index (χ1) is 10.2. The van der Waals surface area contributed by atoms with Crippen LogP contribution in [0.1, 0.15) is 28.4 Å². The Kier molecular flexibility index (Phi) is 4.57. The van der Waals surface area contributed by atoms with E-state index in [1.54, 1.807) is 18.2 Å². The number of anilines is 2. The lowest BCUT2D eigenvalue weighted by atomic mass is 10.1. The fraction of sp³-hybridized carbons (Fsp3) is 0.176. The van der Waals surface area contributed by atoms with Crippen LogP contribution in [0.25, 0.3) is 0 Å². The van der Waals surface area contributed by atoms with E-state index in [-0.39, 0.29) is 5.91 Å². The molecular weight excluding hydrogens is 262 g/mol. The molecule has 0 saturated heterocycles. The van der Waals surface area contributed by atoms with Gasteiger partial charge in [-0.25, -0.2) is 0 Å². The smallest absolute Gasteiger partial charge is 0.257 e. The van der Waals surface area contributed by atoms with Crippen LogP contribution in [0.15, 0.2) is 42.5 Å². The first-order valence-corrected chi connectivity index (χ1v) is 6.80. The third kappa shape index (κ3) is 3.40. The number of hydrogen-bond donors (Lipinski definition) is 2. The van der Waals surface area contributed by atoms with E-state index in [4.69, 9.17) is 5.26 Å². The van der Waals surface area contributed by atoms with Gasteiger partial charge in [-0.2, -0.15) is 5.26 Å². The quantitative estimate of drug-likeness (QED) is 0.899. The molecule has 2 aromatic rings. The van der Waals surface area contributed by atoms with Crippen molar-refractivity contribution in [1.29, 1.82) is 5.26 Å². The molecule has 0 saturated carbocycles. The highest BCUT2D eigenvalue weighted by atomic mass is 16.1. The summed E-state index contributed by atoms with van der Waals surface area (Å²) in [5, 5.41) is 15.0. The van der Waals surface area contributed by atoms with Crippen LogP contribution < -0.4 is 10.6 Å². The SMILES string of the molecule is CCNc1ccccc1C(=O)Nc1cc(C#N)ccc1C. The highest BCUT2D eigenvalue weighted by Crippen LogP contribution is 2.20. The maximum atomic E-state index is 12.4. The lowest BCUT2D eigenvalue weighted by Gasteiger charge is -2.12. The van der Waals surface area contributed by atoms with Crippen molar-refractivity contribution in [3.8, 4) is 6.07 Å². The van der Waals surface area contributed by atoms with E-state index in [2.05, 4.69) is 16.7 Å². The van der Waals surface area contributed by atoms with Gasteiger partial charge in [-0.3, -0.25) is 4.79 Å². The second kappa shape index (κ2) is 6.58. The monoisotopic (exact) mass is 279 g/mol. The minimum Gasteiger partial charge on any atom is -0.385 e. The van der Waals surface area contributed by atoms with Crippen molar-refractivity contribution >= 4 is 17.3 Å². The van der Waals surface area contributed by atoms with E-state index < -0.39 is 0 Å². The summed E-state index contributed by atoms with van der Waals surface area (Å²) in [5.41, 5.74) is 3.48. The Morgan fingerprint density at radius 1 is 1.19 bits per heavy atom. The molecule has 21 heavy (non-hydrogen) atoms. The van der Waals surface area contributed by atoms with Crippen molar-refractivity contribution < 1.29 is 4.79 Å². The molecule has 0 unspecified atom stereocenters. The summed E-state index contributed by atoms with van der Waals surface area (Å²) < 4.78 is 0.